The maximum Gasteiger partial charge on any atom is 0.324 e. The van der Waals surface area contributed by atoms with E-state index in [-0.39, 0.29) is 43.9 Å². The molecule has 3 aromatic rings. The highest BCUT2D eigenvalue weighted by atomic mass is 79.9. The van der Waals surface area contributed by atoms with Gasteiger partial charge in [-0.1, -0.05) is 64.5 Å². The molecule has 0 radical (unpaired) electrons. The Kier molecular flexibility index (Phi) is 8.58. The molecule has 0 aromatic heterocycles. The average Bonchev–Trinajstić information content (AvgIpc) is 2.90. The van der Waals surface area contributed by atoms with E-state index in [1.807, 2.05) is 42.5 Å². The number of nitrogens with zero attached hydrogens (tertiary/aromatic N) is 2. The van der Waals surface area contributed by atoms with Crippen LogP contribution in [0.4, 0.5) is 10.5 Å². The molecule has 1 unspecified atom stereocenters. The van der Waals surface area contributed by atoms with Crippen molar-refractivity contribution in [3.8, 4) is 0 Å². The number of amides is 3. The molecule has 3 amide bonds. The smallest absolute Gasteiger partial charge is 0.324 e. The number of aliphatic hydroxyl groups excluding tert-OH is 1. The lowest BCUT2D eigenvalue weighted by Gasteiger charge is -2.40. The lowest BCUT2D eigenvalue weighted by Crippen LogP contribution is -2.53. The van der Waals surface area contributed by atoms with E-state index in [0.29, 0.717) is 28.9 Å². The molecule has 0 spiro atoms. The third kappa shape index (κ3) is 6.75. The molecular weight excluding hydrogens is 538 g/mol. The van der Waals surface area contributed by atoms with Crippen molar-refractivity contribution >= 4 is 39.5 Å². The second-order valence-electron chi connectivity index (χ2n) is 9.01. The lowest BCUT2D eigenvalue weighted by atomic mass is 9.99. The predicted octanol–water partition coefficient (Wildman–Crippen LogP) is 4.45. The Morgan fingerprint density at radius 1 is 0.973 bits per heavy atom. The lowest BCUT2D eigenvalue weighted by molar-refractivity contribution is -0.138. The highest BCUT2D eigenvalue weighted by molar-refractivity contribution is 9.10. The van der Waals surface area contributed by atoms with Gasteiger partial charge in [-0.2, -0.15) is 0 Å². The number of aliphatic carboxylic acids is 1. The quantitative estimate of drug-likeness (QED) is 0.355. The van der Waals surface area contributed by atoms with Crippen LogP contribution in [-0.4, -0.2) is 52.7 Å². The molecule has 3 aromatic carbocycles. The fraction of sp³-hybridized carbons (Fsp3) is 0.250. The van der Waals surface area contributed by atoms with Crippen LogP contribution in [0.2, 0.25) is 0 Å². The van der Waals surface area contributed by atoms with Gasteiger partial charge in [-0.05, 0) is 41.5 Å². The highest BCUT2D eigenvalue weighted by Gasteiger charge is 2.34. The maximum atomic E-state index is 13.5. The summed E-state index contributed by atoms with van der Waals surface area (Å²) in [6, 6.07) is 23.1. The van der Waals surface area contributed by atoms with Crippen LogP contribution in [0, 0.1) is 5.92 Å². The van der Waals surface area contributed by atoms with Crippen LogP contribution in [0.5, 0.6) is 0 Å². The zero-order chi connectivity index (χ0) is 26.4. The van der Waals surface area contributed by atoms with Gasteiger partial charge in [0.15, 0.2) is 0 Å². The number of urea groups is 1. The van der Waals surface area contributed by atoms with Gasteiger partial charge in [-0.3, -0.25) is 14.5 Å². The van der Waals surface area contributed by atoms with Crippen molar-refractivity contribution in [2.75, 3.05) is 24.5 Å². The summed E-state index contributed by atoms with van der Waals surface area (Å²) in [6.45, 7) is 0.744. The van der Waals surface area contributed by atoms with Crippen molar-refractivity contribution in [2.24, 2.45) is 5.92 Å². The number of carboxylic acid groups (broad SMARTS) is 1. The summed E-state index contributed by atoms with van der Waals surface area (Å²) in [7, 11) is 0. The summed E-state index contributed by atoms with van der Waals surface area (Å²) in [6.07, 6.45) is -0.923. The Hall–Kier alpha value is -3.69. The molecule has 4 rings (SSSR count). The molecule has 2 atom stereocenters. The summed E-state index contributed by atoms with van der Waals surface area (Å²) in [4.78, 5) is 41.1. The first-order valence-corrected chi connectivity index (χ1v) is 12.7. The van der Waals surface area contributed by atoms with Crippen molar-refractivity contribution in [1.29, 1.82) is 0 Å². The molecule has 0 aliphatic carbocycles. The molecule has 37 heavy (non-hydrogen) atoms. The summed E-state index contributed by atoms with van der Waals surface area (Å²) in [5, 5.41) is 22.6. The average molecular weight is 566 g/mol. The van der Waals surface area contributed by atoms with Gasteiger partial charge in [0.2, 0.25) is 0 Å². The first kappa shape index (κ1) is 26.4. The van der Waals surface area contributed by atoms with Crippen molar-refractivity contribution < 1.29 is 24.6 Å². The molecule has 0 bridgehead atoms. The Morgan fingerprint density at radius 2 is 1.65 bits per heavy atom. The van der Waals surface area contributed by atoms with Crippen LogP contribution in [0.15, 0.2) is 83.3 Å². The first-order valence-electron chi connectivity index (χ1n) is 11.9. The molecule has 192 valence electrons. The molecular formula is C28H28BrN3O5. The SMILES string of the molecule is O=C(O)CC1CN(Cc2ccccc2C(=O)NC[C@@H](O)c2ccccc2)C(=O)N(c2ccc(Br)cc2)C1. The van der Waals surface area contributed by atoms with Gasteiger partial charge in [-0.15, -0.1) is 0 Å². The van der Waals surface area contributed by atoms with E-state index < -0.39 is 12.1 Å². The van der Waals surface area contributed by atoms with E-state index in [1.165, 1.54) is 0 Å². The van der Waals surface area contributed by atoms with Crippen LogP contribution >= 0.6 is 15.9 Å². The Labute approximate surface area is 223 Å². The van der Waals surface area contributed by atoms with E-state index in [1.54, 1.807) is 46.2 Å². The summed E-state index contributed by atoms with van der Waals surface area (Å²) in [5.41, 5.74) is 2.40. The first-order chi connectivity index (χ1) is 17.8. The second kappa shape index (κ2) is 12.0. The molecule has 1 fully saturated rings. The van der Waals surface area contributed by atoms with Crippen molar-refractivity contribution in [3.05, 3.63) is 100 Å². The van der Waals surface area contributed by atoms with Gasteiger partial charge in [0.05, 0.1) is 12.5 Å². The monoisotopic (exact) mass is 565 g/mol. The molecule has 0 saturated carbocycles. The third-order valence-corrected chi connectivity index (χ3v) is 6.81. The molecule has 9 heteroatoms. The van der Waals surface area contributed by atoms with Crippen LogP contribution in [0.25, 0.3) is 0 Å². The van der Waals surface area contributed by atoms with Gasteiger partial charge in [0.25, 0.3) is 5.91 Å². The minimum Gasteiger partial charge on any atom is -0.481 e. The van der Waals surface area contributed by atoms with E-state index in [9.17, 15) is 24.6 Å². The van der Waals surface area contributed by atoms with E-state index in [2.05, 4.69) is 21.2 Å². The van der Waals surface area contributed by atoms with Crippen LogP contribution in [-0.2, 0) is 11.3 Å². The number of carbonyl (C=O) groups is 3. The molecule has 1 heterocycles. The Bertz CT molecular complexity index is 1250. The van der Waals surface area contributed by atoms with Gasteiger partial charge in [-0.25, -0.2) is 4.79 Å². The summed E-state index contributed by atoms with van der Waals surface area (Å²) < 4.78 is 0.872. The van der Waals surface area contributed by atoms with Gasteiger partial charge < -0.3 is 20.4 Å². The standard InChI is InChI=1S/C28H28BrN3O5/c29-22-10-12-23(13-11-22)32-17-19(14-26(34)35)16-31(28(32)37)18-21-8-4-5-9-24(21)27(36)30-15-25(33)20-6-2-1-3-7-20/h1-13,19,25,33H,14-18H2,(H,30,36)(H,34,35)/t19?,25-/m1/s1. The molecule has 3 N–H and O–H groups in total. The number of benzene rings is 3. The summed E-state index contributed by atoms with van der Waals surface area (Å²) >= 11 is 3.40. The Balaban J connectivity index is 1.51. The van der Waals surface area contributed by atoms with E-state index >= 15 is 0 Å². The van der Waals surface area contributed by atoms with Gasteiger partial charge >= 0.3 is 12.0 Å². The number of aliphatic hydroxyl groups is 1. The number of hydrogen-bond acceptors (Lipinski definition) is 4. The van der Waals surface area contributed by atoms with Crippen LogP contribution < -0.4 is 10.2 Å². The minimum absolute atomic E-state index is 0.0395. The zero-order valence-electron chi connectivity index (χ0n) is 20.1. The number of carbonyl (C=O) groups excluding carboxylic acids is 2. The van der Waals surface area contributed by atoms with Crippen LogP contribution in [0.1, 0.15) is 34.0 Å². The predicted molar refractivity (Wildman–Crippen MR) is 143 cm³/mol. The largest absolute Gasteiger partial charge is 0.481 e. The zero-order valence-corrected chi connectivity index (χ0v) is 21.7. The normalized spacial score (nSPS) is 16.4. The molecule has 1 saturated heterocycles. The van der Waals surface area contributed by atoms with Crippen molar-refractivity contribution in [1.82, 2.24) is 10.2 Å². The van der Waals surface area contributed by atoms with Crippen molar-refractivity contribution in [3.63, 3.8) is 0 Å². The number of rotatable bonds is 9. The number of hydrogen-bond donors (Lipinski definition) is 3. The Morgan fingerprint density at radius 3 is 2.35 bits per heavy atom. The maximum absolute atomic E-state index is 13.5. The minimum atomic E-state index is -0.924. The highest BCUT2D eigenvalue weighted by Crippen LogP contribution is 2.27. The fourth-order valence-corrected chi connectivity index (χ4v) is 4.73. The van der Waals surface area contributed by atoms with Crippen molar-refractivity contribution in [2.45, 2.75) is 19.1 Å². The summed E-state index contributed by atoms with van der Waals surface area (Å²) in [5.74, 6) is -1.56. The number of carboxylic acids is 1. The number of halogens is 1. The van der Waals surface area contributed by atoms with Gasteiger partial charge in [0.1, 0.15) is 0 Å². The molecule has 1 aliphatic heterocycles. The second-order valence-corrected chi connectivity index (χ2v) is 9.92. The topological polar surface area (TPSA) is 110 Å². The fourth-order valence-electron chi connectivity index (χ4n) is 4.46. The van der Waals surface area contributed by atoms with E-state index in [4.69, 9.17) is 0 Å². The number of anilines is 1. The van der Waals surface area contributed by atoms with Crippen LogP contribution in [0.3, 0.4) is 0 Å². The third-order valence-electron chi connectivity index (χ3n) is 6.29. The van der Waals surface area contributed by atoms with E-state index in [0.717, 1.165) is 4.47 Å². The number of nitrogens with one attached hydrogen (secondary N) is 1. The molecule has 1 aliphatic rings. The molecule has 8 nitrogen and oxygen atoms in total. The van der Waals surface area contributed by atoms with Gasteiger partial charge in [0, 0.05) is 47.8 Å².